The van der Waals surface area contributed by atoms with Crippen molar-refractivity contribution in [3.63, 3.8) is 0 Å². The van der Waals surface area contributed by atoms with Gasteiger partial charge >= 0.3 is 5.97 Å². The number of aryl methyl sites for hydroxylation is 2. The number of fused-ring (bicyclic) bond motifs is 1. The Morgan fingerprint density at radius 2 is 1.58 bits per heavy atom. The SMILES string of the molecule is Cc1cc(S(=O)(=O)N(Cc2cccc(-c3cc4ccccc4o3)c2)c2cc(-c3ccccc3)sc2C(=O)O)c(C)cc1Cl. The first-order chi connectivity index (χ1) is 20.6. The second-order valence-electron chi connectivity index (χ2n) is 10.2. The molecule has 216 valence electrons. The van der Waals surface area contributed by atoms with Gasteiger partial charge in [0, 0.05) is 20.8 Å². The van der Waals surface area contributed by atoms with Gasteiger partial charge in [0.25, 0.3) is 10.0 Å². The maximum Gasteiger partial charge on any atom is 0.348 e. The lowest BCUT2D eigenvalue weighted by molar-refractivity contribution is 0.0703. The summed E-state index contributed by atoms with van der Waals surface area (Å²) in [5, 5.41) is 11.6. The molecule has 0 saturated heterocycles. The van der Waals surface area contributed by atoms with Gasteiger partial charge in [-0.05, 0) is 72.5 Å². The number of halogens is 1. The minimum Gasteiger partial charge on any atom is -0.477 e. The van der Waals surface area contributed by atoms with Crippen LogP contribution in [0.5, 0.6) is 0 Å². The third kappa shape index (κ3) is 5.57. The van der Waals surface area contributed by atoms with Gasteiger partial charge in [-0.15, -0.1) is 11.3 Å². The number of rotatable bonds is 8. The molecule has 0 radical (unpaired) electrons. The Bertz CT molecular complexity index is 2070. The number of thiophene rings is 1. The van der Waals surface area contributed by atoms with Crippen LogP contribution >= 0.6 is 22.9 Å². The van der Waals surface area contributed by atoms with E-state index < -0.39 is 16.0 Å². The average Bonchev–Trinajstić information content (AvgIpc) is 3.64. The summed E-state index contributed by atoms with van der Waals surface area (Å²) in [6.45, 7) is 3.31. The number of nitrogens with zero attached hydrogens (tertiary/aromatic N) is 1. The first-order valence-corrected chi connectivity index (χ1v) is 16.0. The minimum atomic E-state index is -4.25. The third-order valence-corrected chi connectivity index (χ3v) is 10.7. The predicted octanol–water partition coefficient (Wildman–Crippen LogP) is 9.19. The zero-order chi connectivity index (χ0) is 30.3. The van der Waals surface area contributed by atoms with Crippen molar-refractivity contribution in [3.05, 3.63) is 130 Å². The molecular weight excluding hydrogens is 602 g/mol. The first kappa shape index (κ1) is 28.7. The maximum atomic E-state index is 14.5. The molecule has 0 aliphatic rings. The smallest absolute Gasteiger partial charge is 0.348 e. The molecule has 2 aromatic heterocycles. The molecule has 2 heterocycles. The van der Waals surface area contributed by atoms with Crippen molar-refractivity contribution in [2.75, 3.05) is 4.31 Å². The Hall–Kier alpha value is -4.37. The number of carbonyl (C=O) groups is 1. The van der Waals surface area contributed by atoms with Crippen LogP contribution in [0, 0.1) is 13.8 Å². The summed E-state index contributed by atoms with van der Waals surface area (Å²) in [7, 11) is -4.25. The summed E-state index contributed by atoms with van der Waals surface area (Å²) < 4.78 is 36.2. The highest BCUT2D eigenvalue weighted by Gasteiger charge is 2.32. The lowest BCUT2D eigenvalue weighted by Gasteiger charge is -2.26. The fourth-order valence-electron chi connectivity index (χ4n) is 5.03. The highest BCUT2D eigenvalue weighted by Crippen LogP contribution is 2.41. The molecule has 0 spiro atoms. The van der Waals surface area contributed by atoms with E-state index in [9.17, 15) is 18.3 Å². The Balaban J connectivity index is 1.50. The van der Waals surface area contributed by atoms with E-state index in [1.54, 1.807) is 26.0 Å². The van der Waals surface area contributed by atoms with E-state index >= 15 is 0 Å². The molecule has 9 heteroatoms. The van der Waals surface area contributed by atoms with Gasteiger partial charge in [0.15, 0.2) is 0 Å². The van der Waals surface area contributed by atoms with Crippen LogP contribution in [-0.4, -0.2) is 19.5 Å². The lowest BCUT2D eigenvalue weighted by Crippen LogP contribution is -2.32. The molecule has 1 N–H and O–H groups in total. The molecule has 0 bridgehead atoms. The molecule has 0 atom stereocenters. The zero-order valence-corrected chi connectivity index (χ0v) is 25.6. The fraction of sp³-hybridized carbons (Fsp3) is 0.0882. The molecule has 6 aromatic rings. The van der Waals surface area contributed by atoms with Crippen LogP contribution in [0.3, 0.4) is 0 Å². The van der Waals surface area contributed by atoms with Gasteiger partial charge in [-0.1, -0.05) is 78.3 Å². The number of para-hydroxylation sites is 1. The number of benzene rings is 4. The van der Waals surface area contributed by atoms with Crippen LogP contribution in [-0.2, 0) is 16.6 Å². The maximum absolute atomic E-state index is 14.5. The van der Waals surface area contributed by atoms with E-state index in [-0.39, 0.29) is 22.0 Å². The Morgan fingerprint density at radius 3 is 2.33 bits per heavy atom. The monoisotopic (exact) mass is 627 g/mol. The van der Waals surface area contributed by atoms with Gasteiger partial charge in [-0.3, -0.25) is 4.31 Å². The molecular formula is C34H26ClNO5S2. The predicted molar refractivity (Wildman–Crippen MR) is 173 cm³/mol. The molecule has 0 amide bonds. The third-order valence-electron chi connectivity index (χ3n) is 7.22. The van der Waals surface area contributed by atoms with E-state index in [0.29, 0.717) is 32.4 Å². The number of hydrogen-bond acceptors (Lipinski definition) is 5. The van der Waals surface area contributed by atoms with Gasteiger partial charge in [0.2, 0.25) is 0 Å². The number of hydrogen-bond donors (Lipinski definition) is 1. The molecule has 0 saturated carbocycles. The van der Waals surface area contributed by atoms with E-state index in [2.05, 4.69) is 0 Å². The van der Waals surface area contributed by atoms with Crippen LogP contribution in [0.15, 0.2) is 112 Å². The van der Waals surface area contributed by atoms with Crippen molar-refractivity contribution in [3.8, 4) is 21.8 Å². The average molecular weight is 628 g/mol. The van der Waals surface area contributed by atoms with Crippen LogP contribution in [0.25, 0.3) is 32.7 Å². The van der Waals surface area contributed by atoms with E-state index in [0.717, 1.165) is 33.4 Å². The molecule has 43 heavy (non-hydrogen) atoms. The summed E-state index contributed by atoms with van der Waals surface area (Å²) in [5.74, 6) is -0.558. The number of carboxylic acids is 1. The van der Waals surface area contributed by atoms with Crippen molar-refractivity contribution >= 4 is 55.6 Å². The van der Waals surface area contributed by atoms with Crippen LogP contribution in [0.1, 0.15) is 26.4 Å². The van der Waals surface area contributed by atoms with E-state index in [1.165, 1.54) is 10.4 Å². The minimum absolute atomic E-state index is 0.0617. The van der Waals surface area contributed by atoms with Gasteiger partial charge in [0.05, 0.1) is 17.1 Å². The van der Waals surface area contributed by atoms with E-state index in [4.69, 9.17) is 16.0 Å². The van der Waals surface area contributed by atoms with Gasteiger partial charge in [0.1, 0.15) is 16.2 Å². The van der Waals surface area contributed by atoms with E-state index in [1.807, 2.05) is 84.9 Å². The van der Waals surface area contributed by atoms with Crippen molar-refractivity contribution < 1.29 is 22.7 Å². The molecule has 0 unspecified atom stereocenters. The normalized spacial score (nSPS) is 11.6. The molecule has 0 fully saturated rings. The molecule has 4 aromatic carbocycles. The quantitative estimate of drug-likeness (QED) is 0.182. The largest absolute Gasteiger partial charge is 0.477 e. The number of sulfonamides is 1. The number of carboxylic acid groups (broad SMARTS) is 1. The summed E-state index contributed by atoms with van der Waals surface area (Å²) in [4.78, 5) is 13.2. The summed E-state index contributed by atoms with van der Waals surface area (Å²) in [6, 6.07) is 31.2. The van der Waals surface area contributed by atoms with Crippen molar-refractivity contribution in [1.29, 1.82) is 0 Å². The molecule has 6 rings (SSSR count). The fourth-order valence-corrected chi connectivity index (χ4v) is 8.06. The second-order valence-corrected chi connectivity index (χ2v) is 13.5. The van der Waals surface area contributed by atoms with Crippen molar-refractivity contribution in [2.24, 2.45) is 0 Å². The summed E-state index contributed by atoms with van der Waals surface area (Å²) in [6.07, 6.45) is 0. The van der Waals surface area contributed by atoms with Gasteiger partial charge < -0.3 is 9.52 Å². The molecule has 0 aliphatic heterocycles. The first-order valence-electron chi connectivity index (χ1n) is 13.4. The number of furan rings is 1. The van der Waals surface area contributed by atoms with Gasteiger partial charge in [-0.2, -0.15) is 0 Å². The molecule has 6 nitrogen and oxygen atoms in total. The summed E-state index contributed by atoms with van der Waals surface area (Å²) in [5.41, 5.74) is 4.14. The topological polar surface area (TPSA) is 87.8 Å². The standard InChI is InChI=1S/C34H26ClNO5S2/c1-21-16-32(22(2)15-27(21)35)43(39,40)36(28-19-31(42-33(28)34(37)38)24-10-4-3-5-11-24)20-23-9-8-13-25(17-23)30-18-26-12-6-7-14-29(26)41-30/h3-19H,20H2,1-2H3,(H,37,38). The van der Waals surface area contributed by atoms with Crippen LogP contribution in [0.4, 0.5) is 5.69 Å². The van der Waals surface area contributed by atoms with Crippen molar-refractivity contribution in [2.45, 2.75) is 25.3 Å². The molecule has 0 aliphatic carbocycles. The number of aromatic carboxylic acids is 1. The highest BCUT2D eigenvalue weighted by molar-refractivity contribution is 7.92. The van der Waals surface area contributed by atoms with Crippen LogP contribution in [0.2, 0.25) is 5.02 Å². The Labute approximate surface area is 258 Å². The zero-order valence-electron chi connectivity index (χ0n) is 23.2. The lowest BCUT2D eigenvalue weighted by atomic mass is 10.1. The Kier molecular flexibility index (Phi) is 7.60. The van der Waals surface area contributed by atoms with Gasteiger partial charge in [-0.25, -0.2) is 13.2 Å². The second kappa shape index (κ2) is 11.4. The van der Waals surface area contributed by atoms with Crippen molar-refractivity contribution in [1.82, 2.24) is 0 Å². The summed E-state index contributed by atoms with van der Waals surface area (Å²) >= 11 is 7.35. The highest BCUT2D eigenvalue weighted by atomic mass is 35.5. The van der Waals surface area contributed by atoms with Crippen LogP contribution < -0.4 is 4.31 Å². The number of anilines is 1. The Morgan fingerprint density at radius 1 is 0.860 bits per heavy atom.